The summed E-state index contributed by atoms with van der Waals surface area (Å²) >= 11 is 0. The molecule has 2 nitrogen and oxygen atoms in total. The van der Waals surface area contributed by atoms with Crippen molar-refractivity contribution in [2.45, 2.75) is 19.4 Å². The zero-order valence-electron chi connectivity index (χ0n) is 10.3. The van der Waals surface area contributed by atoms with Crippen LogP contribution in [-0.4, -0.2) is 18.5 Å². The number of nitrogens with zero attached hydrogens (tertiary/aromatic N) is 1. The standard InChI is InChI=1S/C15H17NO/c1-11-7-8-15(17-11)14-10-16(2)9-12-5-3-4-6-13(12)14/h3-8,14H,9-10H2,1-2H3. The van der Waals surface area contributed by atoms with E-state index in [1.54, 1.807) is 0 Å². The van der Waals surface area contributed by atoms with Crippen LogP contribution in [0.3, 0.4) is 0 Å². The molecule has 0 N–H and O–H groups in total. The Morgan fingerprint density at radius 1 is 1.18 bits per heavy atom. The minimum Gasteiger partial charge on any atom is -0.466 e. The van der Waals surface area contributed by atoms with Crippen LogP contribution in [0.4, 0.5) is 0 Å². The Morgan fingerprint density at radius 2 is 2.00 bits per heavy atom. The second kappa shape index (κ2) is 4.04. The summed E-state index contributed by atoms with van der Waals surface area (Å²) in [5.41, 5.74) is 2.83. The summed E-state index contributed by atoms with van der Waals surface area (Å²) in [6.45, 7) is 4.07. The average molecular weight is 227 g/mol. The SMILES string of the molecule is Cc1ccc(C2CN(C)Cc3ccccc32)o1. The van der Waals surface area contributed by atoms with Crippen LogP contribution in [0.15, 0.2) is 40.8 Å². The van der Waals surface area contributed by atoms with E-state index in [0.717, 1.165) is 24.6 Å². The number of furan rings is 1. The van der Waals surface area contributed by atoms with E-state index in [1.165, 1.54) is 11.1 Å². The summed E-state index contributed by atoms with van der Waals surface area (Å²) in [4.78, 5) is 2.35. The van der Waals surface area contributed by atoms with Gasteiger partial charge >= 0.3 is 0 Å². The number of benzene rings is 1. The van der Waals surface area contributed by atoms with Gasteiger partial charge in [-0.15, -0.1) is 0 Å². The maximum Gasteiger partial charge on any atom is 0.112 e. The van der Waals surface area contributed by atoms with Crippen LogP contribution in [-0.2, 0) is 6.54 Å². The largest absolute Gasteiger partial charge is 0.466 e. The molecule has 0 radical (unpaired) electrons. The summed E-state index contributed by atoms with van der Waals surface area (Å²) in [6.07, 6.45) is 0. The lowest BCUT2D eigenvalue weighted by atomic mass is 9.88. The molecule has 3 rings (SSSR count). The number of hydrogen-bond donors (Lipinski definition) is 0. The van der Waals surface area contributed by atoms with Crippen molar-refractivity contribution < 1.29 is 4.42 Å². The summed E-state index contributed by atoms with van der Waals surface area (Å²) in [7, 11) is 2.17. The third-order valence-corrected chi connectivity index (χ3v) is 3.47. The highest BCUT2D eigenvalue weighted by molar-refractivity contribution is 5.37. The Kier molecular flexibility index (Phi) is 2.52. The van der Waals surface area contributed by atoms with Gasteiger partial charge < -0.3 is 9.32 Å². The van der Waals surface area contributed by atoms with E-state index in [9.17, 15) is 0 Å². The number of aryl methyl sites for hydroxylation is 1. The van der Waals surface area contributed by atoms with Gasteiger partial charge in [-0.25, -0.2) is 0 Å². The maximum atomic E-state index is 5.80. The molecule has 17 heavy (non-hydrogen) atoms. The zero-order valence-corrected chi connectivity index (χ0v) is 10.3. The van der Waals surface area contributed by atoms with Crippen molar-refractivity contribution in [3.8, 4) is 0 Å². The molecule has 1 aromatic carbocycles. The molecule has 88 valence electrons. The van der Waals surface area contributed by atoms with Gasteiger partial charge in [0.1, 0.15) is 11.5 Å². The van der Waals surface area contributed by atoms with Crippen molar-refractivity contribution in [1.29, 1.82) is 0 Å². The Morgan fingerprint density at radius 3 is 2.76 bits per heavy atom. The Hall–Kier alpha value is -1.54. The monoisotopic (exact) mass is 227 g/mol. The molecule has 0 fully saturated rings. The summed E-state index contributed by atoms with van der Waals surface area (Å²) in [5.74, 6) is 2.45. The predicted molar refractivity (Wildman–Crippen MR) is 68.1 cm³/mol. The number of rotatable bonds is 1. The van der Waals surface area contributed by atoms with Gasteiger partial charge in [0.15, 0.2) is 0 Å². The highest BCUT2D eigenvalue weighted by atomic mass is 16.3. The van der Waals surface area contributed by atoms with Gasteiger partial charge in [-0.3, -0.25) is 0 Å². The second-order valence-corrected chi connectivity index (χ2v) is 4.90. The van der Waals surface area contributed by atoms with Gasteiger partial charge in [0.2, 0.25) is 0 Å². The highest BCUT2D eigenvalue weighted by Crippen LogP contribution is 2.33. The van der Waals surface area contributed by atoms with E-state index in [-0.39, 0.29) is 0 Å². The third-order valence-electron chi connectivity index (χ3n) is 3.47. The quantitative estimate of drug-likeness (QED) is 0.744. The van der Waals surface area contributed by atoms with Gasteiger partial charge in [0.25, 0.3) is 0 Å². The van der Waals surface area contributed by atoms with Crippen molar-refractivity contribution in [2.75, 3.05) is 13.6 Å². The van der Waals surface area contributed by atoms with Crippen LogP contribution >= 0.6 is 0 Å². The molecule has 0 spiro atoms. The molecule has 0 aliphatic carbocycles. The van der Waals surface area contributed by atoms with Gasteiger partial charge in [-0.2, -0.15) is 0 Å². The number of hydrogen-bond acceptors (Lipinski definition) is 2. The van der Waals surface area contributed by atoms with Crippen molar-refractivity contribution in [2.24, 2.45) is 0 Å². The first kappa shape index (κ1) is 10.6. The smallest absolute Gasteiger partial charge is 0.112 e. The first-order valence-corrected chi connectivity index (χ1v) is 6.07. The van der Waals surface area contributed by atoms with Gasteiger partial charge in [0, 0.05) is 13.1 Å². The van der Waals surface area contributed by atoms with E-state index in [0.29, 0.717) is 5.92 Å². The molecule has 0 bridgehead atoms. The van der Waals surface area contributed by atoms with Crippen molar-refractivity contribution in [3.05, 3.63) is 59.0 Å². The third kappa shape index (κ3) is 1.89. The molecule has 1 aliphatic heterocycles. The molecule has 1 atom stereocenters. The zero-order chi connectivity index (χ0) is 11.8. The molecular formula is C15H17NO. The first-order chi connectivity index (χ1) is 8.24. The fourth-order valence-electron chi connectivity index (χ4n) is 2.67. The lowest BCUT2D eigenvalue weighted by Gasteiger charge is -2.31. The molecule has 1 aliphatic rings. The van der Waals surface area contributed by atoms with Crippen LogP contribution in [0.2, 0.25) is 0 Å². The van der Waals surface area contributed by atoms with E-state index < -0.39 is 0 Å². The van der Waals surface area contributed by atoms with Gasteiger partial charge in [-0.05, 0) is 37.2 Å². The van der Waals surface area contributed by atoms with Gasteiger partial charge in [0.05, 0.1) is 5.92 Å². The lowest BCUT2D eigenvalue weighted by Crippen LogP contribution is -2.30. The molecular weight excluding hydrogens is 210 g/mol. The van der Waals surface area contributed by atoms with Crippen LogP contribution in [0.5, 0.6) is 0 Å². The molecule has 0 saturated carbocycles. The molecule has 2 aromatic rings. The first-order valence-electron chi connectivity index (χ1n) is 6.07. The molecule has 1 unspecified atom stereocenters. The average Bonchev–Trinajstić information content (AvgIpc) is 2.74. The minimum absolute atomic E-state index is 0.374. The number of likely N-dealkylation sites (N-methyl/N-ethyl adjacent to an activating group) is 1. The van der Waals surface area contributed by atoms with Crippen molar-refractivity contribution in [1.82, 2.24) is 4.90 Å². The minimum atomic E-state index is 0.374. The summed E-state index contributed by atoms with van der Waals surface area (Å²) < 4.78 is 5.80. The van der Waals surface area contributed by atoms with E-state index in [2.05, 4.69) is 42.3 Å². The van der Waals surface area contributed by atoms with Crippen LogP contribution in [0.1, 0.15) is 28.6 Å². The van der Waals surface area contributed by atoms with E-state index in [1.807, 2.05) is 13.0 Å². The van der Waals surface area contributed by atoms with Crippen LogP contribution in [0.25, 0.3) is 0 Å². The van der Waals surface area contributed by atoms with Crippen molar-refractivity contribution in [3.63, 3.8) is 0 Å². The second-order valence-electron chi connectivity index (χ2n) is 4.90. The van der Waals surface area contributed by atoms with Crippen LogP contribution < -0.4 is 0 Å². The van der Waals surface area contributed by atoms with Gasteiger partial charge in [-0.1, -0.05) is 24.3 Å². The molecule has 2 heteroatoms. The lowest BCUT2D eigenvalue weighted by molar-refractivity contribution is 0.279. The molecule has 0 amide bonds. The van der Waals surface area contributed by atoms with Crippen molar-refractivity contribution >= 4 is 0 Å². The Balaban J connectivity index is 2.06. The van der Waals surface area contributed by atoms with E-state index in [4.69, 9.17) is 4.42 Å². The Bertz CT molecular complexity index is 529. The molecule has 2 heterocycles. The normalized spacial score (nSPS) is 20.2. The van der Waals surface area contributed by atoms with E-state index >= 15 is 0 Å². The number of fused-ring (bicyclic) bond motifs is 1. The fraction of sp³-hybridized carbons (Fsp3) is 0.333. The topological polar surface area (TPSA) is 16.4 Å². The summed E-state index contributed by atoms with van der Waals surface area (Å²) in [5, 5.41) is 0. The fourth-order valence-corrected chi connectivity index (χ4v) is 2.67. The summed E-state index contributed by atoms with van der Waals surface area (Å²) in [6, 6.07) is 12.8. The predicted octanol–water partition coefficient (Wildman–Crippen LogP) is 3.17. The van der Waals surface area contributed by atoms with Crippen LogP contribution in [0, 0.1) is 6.92 Å². The molecule has 1 aromatic heterocycles. The molecule has 0 saturated heterocycles. The highest BCUT2D eigenvalue weighted by Gasteiger charge is 2.26. The maximum absolute atomic E-state index is 5.80. The Labute approximate surface area is 102 Å².